The van der Waals surface area contributed by atoms with E-state index in [2.05, 4.69) is 20.4 Å². The third kappa shape index (κ3) is 1.89. The lowest BCUT2D eigenvalue weighted by Gasteiger charge is -2.26. The summed E-state index contributed by atoms with van der Waals surface area (Å²) in [4.78, 5) is 11.1. The molecule has 0 amide bonds. The minimum atomic E-state index is 0.469. The van der Waals surface area contributed by atoms with E-state index in [0.717, 1.165) is 57.3 Å². The fourth-order valence-corrected chi connectivity index (χ4v) is 2.85. The highest BCUT2D eigenvalue weighted by atomic mass is 16.1. The van der Waals surface area contributed by atoms with Gasteiger partial charge in [-0.3, -0.25) is 9.48 Å². The lowest BCUT2D eigenvalue weighted by molar-refractivity contribution is 0.111. The number of carbonyl (C=O) groups is 1. The second-order valence-electron chi connectivity index (χ2n) is 4.78. The number of rotatable bonds is 2. The van der Waals surface area contributed by atoms with Crippen LogP contribution in [0.15, 0.2) is 0 Å². The molecule has 92 valence electrons. The molecular formula is C12H18N4O. The number of carbonyl (C=O) groups excluding carboxylic acids is 1. The summed E-state index contributed by atoms with van der Waals surface area (Å²) >= 11 is 0. The Balaban J connectivity index is 1.97. The van der Waals surface area contributed by atoms with Crippen LogP contribution in [0.4, 0.5) is 0 Å². The van der Waals surface area contributed by atoms with E-state index in [1.807, 2.05) is 0 Å². The van der Waals surface area contributed by atoms with Crippen molar-refractivity contribution in [3.63, 3.8) is 0 Å². The first kappa shape index (κ1) is 10.9. The zero-order valence-electron chi connectivity index (χ0n) is 9.91. The van der Waals surface area contributed by atoms with Gasteiger partial charge in [0.1, 0.15) is 5.69 Å². The Bertz CT molecular complexity index is 420. The van der Waals surface area contributed by atoms with Crippen molar-refractivity contribution in [3.05, 3.63) is 17.0 Å². The van der Waals surface area contributed by atoms with Gasteiger partial charge < -0.3 is 10.6 Å². The van der Waals surface area contributed by atoms with Crippen LogP contribution < -0.4 is 10.6 Å². The summed E-state index contributed by atoms with van der Waals surface area (Å²) in [6.45, 7) is 3.87. The van der Waals surface area contributed by atoms with Crippen LogP contribution in [0, 0.1) is 0 Å². The highest BCUT2D eigenvalue weighted by Crippen LogP contribution is 2.25. The third-order valence-corrected chi connectivity index (χ3v) is 3.76. The molecule has 17 heavy (non-hydrogen) atoms. The van der Waals surface area contributed by atoms with Crippen LogP contribution in [0.25, 0.3) is 0 Å². The number of hydrogen-bond acceptors (Lipinski definition) is 4. The second kappa shape index (κ2) is 4.58. The van der Waals surface area contributed by atoms with Crippen LogP contribution >= 0.6 is 0 Å². The lowest BCUT2D eigenvalue weighted by Crippen LogP contribution is -2.32. The van der Waals surface area contributed by atoms with Gasteiger partial charge >= 0.3 is 0 Å². The summed E-state index contributed by atoms with van der Waals surface area (Å²) in [5.41, 5.74) is 3.02. The molecule has 0 aliphatic carbocycles. The molecule has 0 bridgehead atoms. The van der Waals surface area contributed by atoms with Gasteiger partial charge in [-0.05, 0) is 25.9 Å². The normalized spacial score (nSPS) is 21.2. The van der Waals surface area contributed by atoms with Crippen molar-refractivity contribution in [1.29, 1.82) is 0 Å². The van der Waals surface area contributed by atoms with Gasteiger partial charge in [0.2, 0.25) is 0 Å². The molecule has 1 saturated heterocycles. The van der Waals surface area contributed by atoms with Crippen LogP contribution in [0.3, 0.4) is 0 Å². The number of nitrogens with zero attached hydrogens (tertiary/aromatic N) is 2. The Morgan fingerprint density at radius 1 is 1.24 bits per heavy atom. The van der Waals surface area contributed by atoms with Crippen LogP contribution in [0.2, 0.25) is 0 Å². The van der Waals surface area contributed by atoms with Gasteiger partial charge in [-0.2, -0.15) is 5.10 Å². The summed E-state index contributed by atoms with van der Waals surface area (Å²) < 4.78 is 2.13. The molecule has 0 unspecified atom stereocenters. The molecule has 1 aromatic rings. The maximum Gasteiger partial charge on any atom is 0.170 e. The van der Waals surface area contributed by atoms with Crippen molar-refractivity contribution in [1.82, 2.24) is 20.4 Å². The average Bonchev–Trinajstić information content (AvgIpc) is 2.78. The van der Waals surface area contributed by atoms with E-state index in [-0.39, 0.29) is 0 Å². The predicted molar refractivity (Wildman–Crippen MR) is 64.2 cm³/mol. The van der Waals surface area contributed by atoms with E-state index < -0.39 is 0 Å². The zero-order chi connectivity index (χ0) is 11.7. The molecule has 2 aliphatic rings. The fraction of sp³-hybridized carbons (Fsp3) is 0.667. The van der Waals surface area contributed by atoms with Crippen LogP contribution in [-0.4, -0.2) is 35.7 Å². The summed E-state index contributed by atoms with van der Waals surface area (Å²) in [6.07, 6.45) is 4.10. The molecule has 2 N–H and O–H groups in total. The van der Waals surface area contributed by atoms with E-state index in [1.165, 1.54) is 5.69 Å². The number of hydrogen-bond donors (Lipinski definition) is 2. The maximum atomic E-state index is 11.1. The molecule has 0 aromatic carbocycles. The van der Waals surface area contributed by atoms with Gasteiger partial charge in [0.05, 0.1) is 6.04 Å². The van der Waals surface area contributed by atoms with Crippen molar-refractivity contribution < 1.29 is 4.79 Å². The highest BCUT2D eigenvalue weighted by molar-refractivity contribution is 5.74. The monoisotopic (exact) mass is 234 g/mol. The second-order valence-corrected chi connectivity index (χ2v) is 4.78. The molecule has 1 aromatic heterocycles. The summed E-state index contributed by atoms with van der Waals surface area (Å²) in [5, 5.41) is 11.2. The fourth-order valence-electron chi connectivity index (χ4n) is 2.85. The Kier molecular flexibility index (Phi) is 2.94. The number of piperidine rings is 1. The lowest BCUT2D eigenvalue weighted by atomic mass is 10.0. The topological polar surface area (TPSA) is 59.0 Å². The molecule has 3 heterocycles. The smallest absolute Gasteiger partial charge is 0.170 e. The third-order valence-electron chi connectivity index (χ3n) is 3.76. The van der Waals surface area contributed by atoms with Crippen molar-refractivity contribution in [2.45, 2.75) is 31.8 Å². The number of nitrogens with one attached hydrogen (secondary N) is 2. The van der Waals surface area contributed by atoms with Crippen molar-refractivity contribution in [3.8, 4) is 0 Å². The Morgan fingerprint density at radius 2 is 2.06 bits per heavy atom. The standard InChI is InChI=1S/C12H18N4O/c17-8-11-10-7-14-6-3-12(10)16(15-11)9-1-4-13-5-2-9/h8-9,13-14H,1-7H2. The Hall–Kier alpha value is -1.20. The van der Waals surface area contributed by atoms with Crippen molar-refractivity contribution >= 4 is 6.29 Å². The number of aldehydes is 1. The van der Waals surface area contributed by atoms with E-state index >= 15 is 0 Å². The summed E-state index contributed by atoms with van der Waals surface area (Å²) in [6, 6.07) is 0.469. The highest BCUT2D eigenvalue weighted by Gasteiger charge is 2.25. The molecule has 0 radical (unpaired) electrons. The Labute approximate surface area is 101 Å². The number of fused-ring (bicyclic) bond motifs is 1. The van der Waals surface area contributed by atoms with E-state index in [9.17, 15) is 4.79 Å². The zero-order valence-corrected chi connectivity index (χ0v) is 9.91. The summed E-state index contributed by atoms with van der Waals surface area (Å²) in [7, 11) is 0. The van der Waals surface area contributed by atoms with E-state index in [0.29, 0.717) is 11.7 Å². The first-order chi connectivity index (χ1) is 8.40. The molecule has 0 atom stereocenters. The molecule has 2 aliphatic heterocycles. The maximum absolute atomic E-state index is 11.1. The van der Waals surface area contributed by atoms with E-state index in [4.69, 9.17) is 0 Å². The minimum Gasteiger partial charge on any atom is -0.317 e. The molecule has 5 heteroatoms. The molecule has 5 nitrogen and oxygen atoms in total. The quantitative estimate of drug-likeness (QED) is 0.721. The van der Waals surface area contributed by atoms with Gasteiger partial charge in [0.15, 0.2) is 6.29 Å². The van der Waals surface area contributed by atoms with E-state index in [1.54, 1.807) is 0 Å². The average molecular weight is 234 g/mol. The van der Waals surface area contributed by atoms with Crippen molar-refractivity contribution in [2.24, 2.45) is 0 Å². The van der Waals surface area contributed by atoms with Gasteiger partial charge in [-0.25, -0.2) is 0 Å². The van der Waals surface area contributed by atoms with Crippen LogP contribution in [0.5, 0.6) is 0 Å². The first-order valence-corrected chi connectivity index (χ1v) is 6.37. The first-order valence-electron chi connectivity index (χ1n) is 6.37. The Morgan fingerprint density at radius 3 is 2.82 bits per heavy atom. The molecule has 0 spiro atoms. The van der Waals surface area contributed by atoms with Crippen LogP contribution in [0.1, 0.15) is 40.6 Å². The molecule has 1 fully saturated rings. The van der Waals surface area contributed by atoms with Gasteiger partial charge in [-0.15, -0.1) is 0 Å². The molecular weight excluding hydrogens is 216 g/mol. The summed E-state index contributed by atoms with van der Waals surface area (Å²) in [5.74, 6) is 0. The SMILES string of the molecule is O=Cc1nn(C2CCNCC2)c2c1CNCC2. The minimum absolute atomic E-state index is 0.469. The molecule has 3 rings (SSSR count). The molecule has 0 saturated carbocycles. The van der Waals surface area contributed by atoms with Gasteiger partial charge in [0, 0.05) is 30.8 Å². The van der Waals surface area contributed by atoms with Gasteiger partial charge in [-0.1, -0.05) is 0 Å². The van der Waals surface area contributed by atoms with Crippen LogP contribution in [-0.2, 0) is 13.0 Å². The number of aromatic nitrogens is 2. The van der Waals surface area contributed by atoms with Crippen molar-refractivity contribution in [2.75, 3.05) is 19.6 Å². The largest absolute Gasteiger partial charge is 0.317 e. The predicted octanol–water partition coefficient (Wildman–Crippen LogP) is 0.266. The van der Waals surface area contributed by atoms with Gasteiger partial charge in [0.25, 0.3) is 0 Å².